The fraction of sp³-hybridized carbons (Fsp3) is 0.118. The number of hydrogen-bond acceptors (Lipinski definition) is 4. The van der Waals surface area contributed by atoms with Gasteiger partial charge < -0.3 is 14.8 Å². The molecule has 0 saturated carbocycles. The van der Waals surface area contributed by atoms with E-state index in [-0.39, 0.29) is 0 Å². The van der Waals surface area contributed by atoms with Gasteiger partial charge in [-0.2, -0.15) is 0 Å². The molecule has 4 rings (SSSR count). The number of ether oxygens (including phenoxy) is 2. The van der Waals surface area contributed by atoms with Crippen LogP contribution in [0.2, 0.25) is 0 Å². The van der Waals surface area contributed by atoms with Crippen LogP contribution < -0.4 is 14.8 Å². The molecule has 0 amide bonds. The molecule has 0 bridgehead atoms. The third kappa shape index (κ3) is 2.36. The maximum absolute atomic E-state index is 5.38. The summed E-state index contributed by atoms with van der Waals surface area (Å²) in [6, 6.07) is 18.1. The van der Waals surface area contributed by atoms with Gasteiger partial charge in [0.1, 0.15) is 5.82 Å². The number of rotatable bonds is 3. The molecule has 0 atom stereocenters. The largest absolute Gasteiger partial charge is 0.454 e. The molecule has 3 aromatic rings. The average Bonchev–Trinajstić information content (AvgIpc) is 3.00. The van der Waals surface area contributed by atoms with Crippen LogP contribution in [0.1, 0.15) is 5.56 Å². The van der Waals surface area contributed by atoms with E-state index < -0.39 is 0 Å². The van der Waals surface area contributed by atoms with Crippen molar-refractivity contribution in [1.29, 1.82) is 0 Å². The average molecular weight is 278 g/mol. The lowest BCUT2D eigenvalue weighted by Gasteiger charge is -2.07. The van der Waals surface area contributed by atoms with Crippen LogP contribution in [0.4, 0.5) is 5.82 Å². The fourth-order valence-electron chi connectivity index (χ4n) is 2.41. The Morgan fingerprint density at radius 2 is 1.86 bits per heavy atom. The fourth-order valence-corrected chi connectivity index (χ4v) is 2.41. The van der Waals surface area contributed by atoms with E-state index in [1.54, 1.807) is 0 Å². The summed E-state index contributed by atoms with van der Waals surface area (Å²) in [6.45, 7) is 1.00. The third-order valence-electron chi connectivity index (χ3n) is 3.51. The van der Waals surface area contributed by atoms with Gasteiger partial charge in [-0.05, 0) is 35.9 Å². The van der Waals surface area contributed by atoms with Crippen LogP contribution in [0, 0.1) is 0 Å². The van der Waals surface area contributed by atoms with Gasteiger partial charge in [-0.25, -0.2) is 4.98 Å². The molecule has 104 valence electrons. The van der Waals surface area contributed by atoms with Crippen LogP contribution in [-0.2, 0) is 6.54 Å². The zero-order valence-electron chi connectivity index (χ0n) is 11.4. The first-order chi connectivity index (χ1) is 10.4. The minimum absolute atomic E-state index is 0.304. The van der Waals surface area contributed by atoms with Crippen molar-refractivity contribution in [2.24, 2.45) is 0 Å². The van der Waals surface area contributed by atoms with Crippen molar-refractivity contribution < 1.29 is 9.47 Å². The molecule has 0 spiro atoms. The lowest BCUT2D eigenvalue weighted by molar-refractivity contribution is 0.174. The molecule has 1 aromatic heterocycles. The van der Waals surface area contributed by atoms with Crippen molar-refractivity contribution >= 4 is 16.7 Å². The van der Waals surface area contributed by atoms with Gasteiger partial charge in [0, 0.05) is 11.9 Å². The van der Waals surface area contributed by atoms with Crippen LogP contribution in [0.3, 0.4) is 0 Å². The Balaban J connectivity index is 1.52. The first-order valence-corrected chi connectivity index (χ1v) is 6.87. The number of hydrogen-bond donors (Lipinski definition) is 1. The zero-order valence-corrected chi connectivity index (χ0v) is 11.4. The minimum Gasteiger partial charge on any atom is -0.454 e. The number of aromatic nitrogens is 1. The standard InChI is InChI=1S/C17H14N2O2/c1-2-4-14-13(3-1)6-8-17(19-14)18-10-12-5-7-15-16(9-12)21-11-20-15/h1-9H,10-11H2,(H,18,19). The predicted molar refractivity (Wildman–Crippen MR) is 81.6 cm³/mol. The summed E-state index contributed by atoms with van der Waals surface area (Å²) in [6.07, 6.45) is 0. The lowest BCUT2D eigenvalue weighted by Crippen LogP contribution is -2.01. The van der Waals surface area contributed by atoms with Gasteiger partial charge >= 0.3 is 0 Å². The van der Waals surface area contributed by atoms with Gasteiger partial charge in [-0.15, -0.1) is 0 Å². The van der Waals surface area contributed by atoms with Gasteiger partial charge in [0.15, 0.2) is 11.5 Å². The Morgan fingerprint density at radius 3 is 2.86 bits per heavy atom. The summed E-state index contributed by atoms with van der Waals surface area (Å²) in [7, 11) is 0. The van der Waals surface area contributed by atoms with Crippen molar-refractivity contribution in [3.05, 3.63) is 60.2 Å². The summed E-state index contributed by atoms with van der Waals surface area (Å²) in [5.74, 6) is 2.48. The number of nitrogens with one attached hydrogen (secondary N) is 1. The molecule has 1 N–H and O–H groups in total. The van der Waals surface area contributed by atoms with Crippen molar-refractivity contribution in [2.75, 3.05) is 12.1 Å². The second kappa shape index (κ2) is 4.98. The molecule has 0 aliphatic carbocycles. The van der Waals surface area contributed by atoms with Gasteiger partial charge in [0.25, 0.3) is 0 Å². The summed E-state index contributed by atoms with van der Waals surface area (Å²) >= 11 is 0. The summed E-state index contributed by atoms with van der Waals surface area (Å²) < 4.78 is 10.7. The molecule has 0 unspecified atom stereocenters. The van der Waals surface area contributed by atoms with Crippen LogP contribution in [0.5, 0.6) is 11.5 Å². The van der Waals surface area contributed by atoms with Crippen molar-refractivity contribution in [1.82, 2.24) is 4.98 Å². The van der Waals surface area contributed by atoms with E-state index in [0.29, 0.717) is 13.3 Å². The Bertz CT molecular complexity index is 802. The predicted octanol–water partition coefficient (Wildman–Crippen LogP) is 3.58. The summed E-state index contributed by atoms with van der Waals surface area (Å²) in [4.78, 5) is 4.60. The van der Waals surface area contributed by atoms with E-state index in [0.717, 1.165) is 33.8 Å². The zero-order chi connectivity index (χ0) is 14.1. The molecule has 21 heavy (non-hydrogen) atoms. The highest BCUT2D eigenvalue weighted by molar-refractivity contribution is 5.80. The molecule has 2 heterocycles. The van der Waals surface area contributed by atoms with E-state index in [2.05, 4.69) is 22.4 Å². The van der Waals surface area contributed by atoms with E-state index in [4.69, 9.17) is 9.47 Å². The van der Waals surface area contributed by atoms with Gasteiger partial charge in [0.05, 0.1) is 5.52 Å². The highest BCUT2D eigenvalue weighted by Crippen LogP contribution is 2.32. The number of para-hydroxylation sites is 1. The lowest BCUT2D eigenvalue weighted by atomic mass is 10.2. The maximum Gasteiger partial charge on any atom is 0.231 e. The molecule has 0 radical (unpaired) electrons. The minimum atomic E-state index is 0.304. The molecule has 2 aromatic carbocycles. The molecule has 1 aliphatic heterocycles. The normalized spacial score (nSPS) is 12.6. The Labute approximate surface area is 122 Å². The summed E-state index contributed by atoms with van der Waals surface area (Å²) in [5.41, 5.74) is 2.13. The SMILES string of the molecule is c1ccc2nc(NCc3ccc4c(c3)OCO4)ccc2c1. The highest BCUT2D eigenvalue weighted by atomic mass is 16.7. The molecule has 4 nitrogen and oxygen atoms in total. The Morgan fingerprint density at radius 1 is 0.952 bits per heavy atom. The molecule has 0 saturated heterocycles. The van der Waals surface area contributed by atoms with Gasteiger partial charge in [0.2, 0.25) is 6.79 Å². The molecular formula is C17H14N2O2. The number of fused-ring (bicyclic) bond motifs is 2. The third-order valence-corrected chi connectivity index (χ3v) is 3.51. The smallest absolute Gasteiger partial charge is 0.231 e. The van der Waals surface area contributed by atoms with Gasteiger partial charge in [-0.3, -0.25) is 0 Å². The van der Waals surface area contributed by atoms with Crippen molar-refractivity contribution in [2.45, 2.75) is 6.54 Å². The Hall–Kier alpha value is -2.75. The quantitative estimate of drug-likeness (QED) is 0.795. The van der Waals surface area contributed by atoms with Crippen LogP contribution in [0.15, 0.2) is 54.6 Å². The van der Waals surface area contributed by atoms with Crippen molar-refractivity contribution in [3.8, 4) is 11.5 Å². The number of pyridine rings is 1. The van der Waals surface area contributed by atoms with Crippen LogP contribution >= 0.6 is 0 Å². The maximum atomic E-state index is 5.38. The van der Waals surface area contributed by atoms with E-state index in [1.165, 1.54) is 0 Å². The highest BCUT2D eigenvalue weighted by Gasteiger charge is 2.12. The second-order valence-electron chi connectivity index (χ2n) is 4.93. The number of benzene rings is 2. The topological polar surface area (TPSA) is 43.4 Å². The first-order valence-electron chi connectivity index (χ1n) is 6.87. The molecule has 0 fully saturated rings. The monoisotopic (exact) mass is 278 g/mol. The van der Waals surface area contributed by atoms with Gasteiger partial charge in [-0.1, -0.05) is 24.3 Å². The molecule has 4 heteroatoms. The van der Waals surface area contributed by atoms with E-state index in [9.17, 15) is 0 Å². The number of nitrogens with zero attached hydrogens (tertiary/aromatic N) is 1. The Kier molecular flexibility index (Phi) is 2.85. The second-order valence-corrected chi connectivity index (χ2v) is 4.93. The molecule has 1 aliphatic rings. The summed E-state index contributed by atoms with van der Waals surface area (Å²) in [5, 5.41) is 4.48. The van der Waals surface area contributed by atoms with Crippen LogP contribution in [0.25, 0.3) is 10.9 Å². The molecular weight excluding hydrogens is 264 g/mol. The van der Waals surface area contributed by atoms with E-state index in [1.807, 2.05) is 42.5 Å². The number of anilines is 1. The van der Waals surface area contributed by atoms with Crippen LogP contribution in [-0.4, -0.2) is 11.8 Å². The van der Waals surface area contributed by atoms with E-state index >= 15 is 0 Å². The van der Waals surface area contributed by atoms with Crippen molar-refractivity contribution in [3.63, 3.8) is 0 Å². The first kappa shape index (κ1) is 12.0.